The third-order valence-corrected chi connectivity index (χ3v) is 5.58. The molecule has 29 heavy (non-hydrogen) atoms. The number of rotatable bonds is 6. The van der Waals surface area contributed by atoms with Crippen molar-refractivity contribution in [3.63, 3.8) is 0 Å². The Morgan fingerprint density at radius 3 is 2.76 bits per heavy atom. The highest BCUT2D eigenvalue weighted by molar-refractivity contribution is 7.98. The van der Waals surface area contributed by atoms with Gasteiger partial charge in [-0.05, 0) is 49.6 Å². The number of urea groups is 1. The third kappa shape index (κ3) is 6.67. The lowest BCUT2D eigenvalue weighted by Gasteiger charge is -2.31. The van der Waals surface area contributed by atoms with Crippen molar-refractivity contribution < 1.29 is 14.3 Å². The minimum Gasteiger partial charge on any atom is -0.450 e. The van der Waals surface area contributed by atoms with Crippen molar-refractivity contribution in [3.05, 3.63) is 54.2 Å². The number of carbonyl (C=O) groups is 2. The zero-order valence-electron chi connectivity index (χ0n) is 16.5. The molecule has 3 amide bonds. The average Bonchev–Trinajstić information content (AvgIpc) is 2.74. The molecule has 0 unspecified atom stereocenters. The lowest BCUT2D eigenvalue weighted by Crippen LogP contribution is -2.47. The molecule has 0 spiro atoms. The topological polar surface area (TPSA) is 83.6 Å². The molecule has 0 saturated carbocycles. The number of ether oxygens (including phenoxy) is 1. The van der Waals surface area contributed by atoms with Gasteiger partial charge in [0.1, 0.15) is 0 Å². The first kappa shape index (κ1) is 21.0. The molecule has 1 saturated heterocycles. The average molecular weight is 415 g/mol. The Balaban J connectivity index is 1.44. The van der Waals surface area contributed by atoms with Gasteiger partial charge in [-0.2, -0.15) is 0 Å². The van der Waals surface area contributed by atoms with E-state index < -0.39 is 0 Å². The Kier molecular flexibility index (Phi) is 7.75. The van der Waals surface area contributed by atoms with Crippen molar-refractivity contribution in [1.29, 1.82) is 0 Å². The van der Waals surface area contributed by atoms with Gasteiger partial charge in [-0.25, -0.2) is 14.6 Å². The Morgan fingerprint density at radius 1 is 1.21 bits per heavy atom. The number of benzene rings is 1. The second-order valence-electron chi connectivity index (χ2n) is 6.72. The number of piperidine rings is 1. The largest absolute Gasteiger partial charge is 0.450 e. The summed E-state index contributed by atoms with van der Waals surface area (Å²) >= 11 is 1.65. The number of thioether (sulfide) groups is 1. The summed E-state index contributed by atoms with van der Waals surface area (Å²) < 4.78 is 5.02. The van der Waals surface area contributed by atoms with Crippen LogP contribution in [0.25, 0.3) is 0 Å². The molecule has 2 N–H and O–H groups in total. The van der Waals surface area contributed by atoms with E-state index in [1.165, 1.54) is 0 Å². The normalized spacial score (nSPS) is 14.3. The molecule has 1 aliphatic heterocycles. The molecule has 1 fully saturated rings. The van der Waals surface area contributed by atoms with Crippen LogP contribution in [0.15, 0.2) is 53.7 Å². The predicted molar refractivity (Wildman–Crippen MR) is 114 cm³/mol. The molecule has 2 heterocycles. The van der Waals surface area contributed by atoms with Crippen LogP contribution < -0.4 is 10.6 Å². The molecule has 7 nitrogen and oxygen atoms in total. The van der Waals surface area contributed by atoms with E-state index in [9.17, 15) is 9.59 Å². The van der Waals surface area contributed by atoms with Crippen molar-refractivity contribution in [1.82, 2.24) is 15.2 Å². The van der Waals surface area contributed by atoms with Gasteiger partial charge in [-0.15, -0.1) is 11.8 Å². The quantitative estimate of drug-likeness (QED) is 0.695. The minimum atomic E-state index is -0.282. The summed E-state index contributed by atoms with van der Waals surface area (Å²) in [5.41, 5.74) is 1.87. The first-order chi connectivity index (χ1) is 14.1. The van der Waals surface area contributed by atoms with Gasteiger partial charge in [-0.1, -0.05) is 18.2 Å². The monoisotopic (exact) mass is 414 g/mol. The van der Waals surface area contributed by atoms with E-state index in [2.05, 4.69) is 15.6 Å². The molecule has 0 bridgehead atoms. The highest BCUT2D eigenvalue weighted by atomic mass is 32.2. The zero-order chi connectivity index (χ0) is 20.5. The molecular formula is C21H26N4O3S. The summed E-state index contributed by atoms with van der Waals surface area (Å²) in [6, 6.07) is 13.5. The van der Waals surface area contributed by atoms with Crippen LogP contribution in [0.2, 0.25) is 0 Å². The smallest absolute Gasteiger partial charge is 0.409 e. The van der Waals surface area contributed by atoms with Crippen molar-refractivity contribution in [3.8, 4) is 0 Å². The van der Waals surface area contributed by atoms with Gasteiger partial charge in [0.2, 0.25) is 0 Å². The molecule has 1 aliphatic rings. The van der Waals surface area contributed by atoms with E-state index in [-0.39, 0.29) is 18.2 Å². The Morgan fingerprint density at radius 2 is 2.03 bits per heavy atom. The van der Waals surface area contributed by atoms with E-state index in [0.29, 0.717) is 32.5 Å². The van der Waals surface area contributed by atoms with Gasteiger partial charge < -0.3 is 20.3 Å². The van der Waals surface area contributed by atoms with Crippen molar-refractivity contribution in [2.45, 2.75) is 36.6 Å². The van der Waals surface area contributed by atoms with Crippen LogP contribution in [-0.2, 0) is 10.5 Å². The fourth-order valence-electron chi connectivity index (χ4n) is 3.10. The summed E-state index contributed by atoms with van der Waals surface area (Å²) in [5.74, 6) is 0.778. The molecular weight excluding hydrogens is 388 g/mol. The van der Waals surface area contributed by atoms with E-state index in [4.69, 9.17) is 4.74 Å². The number of anilines is 1. The molecule has 154 valence electrons. The maximum Gasteiger partial charge on any atom is 0.409 e. The number of hydrogen-bond donors (Lipinski definition) is 2. The van der Waals surface area contributed by atoms with Gasteiger partial charge in [0.25, 0.3) is 0 Å². The summed E-state index contributed by atoms with van der Waals surface area (Å²) in [4.78, 5) is 30.1. The summed E-state index contributed by atoms with van der Waals surface area (Å²) in [7, 11) is 0. The summed E-state index contributed by atoms with van der Waals surface area (Å²) in [6.45, 7) is 3.34. The third-order valence-electron chi connectivity index (χ3n) is 4.57. The Bertz CT molecular complexity index is 811. The number of nitrogens with one attached hydrogen (secondary N) is 2. The van der Waals surface area contributed by atoms with Crippen LogP contribution >= 0.6 is 11.8 Å². The Hall–Kier alpha value is -2.74. The van der Waals surface area contributed by atoms with Crippen LogP contribution in [0, 0.1) is 0 Å². The van der Waals surface area contributed by atoms with E-state index in [0.717, 1.165) is 22.0 Å². The first-order valence-electron chi connectivity index (χ1n) is 9.76. The lowest BCUT2D eigenvalue weighted by atomic mass is 10.1. The van der Waals surface area contributed by atoms with Crippen molar-refractivity contribution in [2.75, 3.05) is 25.0 Å². The fraction of sp³-hybridized carbons (Fsp3) is 0.381. The van der Waals surface area contributed by atoms with Crippen LogP contribution in [0.5, 0.6) is 0 Å². The molecule has 2 aromatic rings. The maximum atomic E-state index is 12.3. The Labute approximate surface area is 175 Å². The molecule has 8 heteroatoms. The number of hydrogen-bond acceptors (Lipinski definition) is 5. The van der Waals surface area contributed by atoms with Crippen LogP contribution in [-0.4, -0.2) is 47.7 Å². The highest BCUT2D eigenvalue weighted by Crippen LogP contribution is 2.22. The van der Waals surface area contributed by atoms with Gasteiger partial charge in [0, 0.05) is 36.8 Å². The van der Waals surface area contributed by atoms with Crippen LogP contribution in [0.1, 0.15) is 25.3 Å². The van der Waals surface area contributed by atoms with Crippen molar-refractivity contribution in [2.24, 2.45) is 0 Å². The minimum absolute atomic E-state index is 0.0450. The molecule has 0 aliphatic carbocycles. The van der Waals surface area contributed by atoms with Gasteiger partial charge >= 0.3 is 12.1 Å². The fourth-order valence-corrected chi connectivity index (χ4v) is 3.91. The first-order valence-corrected chi connectivity index (χ1v) is 10.7. The number of pyridine rings is 1. The number of carbonyl (C=O) groups excluding carboxylic acids is 2. The maximum absolute atomic E-state index is 12.3. The number of aromatic nitrogens is 1. The van der Waals surface area contributed by atoms with Gasteiger partial charge in [-0.3, -0.25) is 0 Å². The molecule has 1 aromatic heterocycles. The van der Waals surface area contributed by atoms with Crippen molar-refractivity contribution >= 4 is 29.6 Å². The molecule has 0 atom stereocenters. The molecule has 3 rings (SSSR count). The zero-order valence-corrected chi connectivity index (χ0v) is 17.3. The molecule has 0 radical (unpaired) electrons. The SMILES string of the molecule is CCOC(=O)N1CCC(NC(=O)Nc2cccc(CSc3ccccn3)c2)CC1. The molecule has 1 aromatic carbocycles. The summed E-state index contributed by atoms with van der Waals surface area (Å²) in [6.07, 6.45) is 2.93. The number of amides is 3. The van der Waals surface area contributed by atoms with E-state index >= 15 is 0 Å². The van der Waals surface area contributed by atoms with Gasteiger partial charge in [0.15, 0.2) is 0 Å². The van der Waals surface area contributed by atoms with E-state index in [1.807, 2.05) is 42.5 Å². The number of nitrogens with zero attached hydrogens (tertiary/aromatic N) is 2. The van der Waals surface area contributed by atoms with E-state index in [1.54, 1.807) is 29.8 Å². The lowest BCUT2D eigenvalue weighted by molar-refractivity contribution is 0.0959. The second kappa shape index (κ2) is 10.7. The summed E-state index contributed by atoms with van der Waals surface area (Å²) in [5, 5.41) is 6.86. The second-order valence-corrected chi connectivity index (χ2v) is 7.71. The number of likely N-dealkylation sites (tertiary alicyclic amines) is 1. The predicted octanol–water partition coefficient (Wildman–Crippen LogP) is 4.12. The standard InChI is InChI=1S/C21H26N4O3S/c1-2-28-21(27)25-12-9-17(10-13-25)23-20(26)24-18-7-5-6-16(14-18)15-29-19-8-3-4-11-22-19/h3-8,11,14,17H,2,9-10,12-13,15H2,1H3,(H2,23,24,26). The van der Waals surface area contributed by atoms with Crippen LogP contribution in [0.3, 0.4) is 0 Å². The highest BCUT2D eigenvalue weighted by Gasteiger charge is 2.24. The van der Waals surface area contributed by atoms with Gasteiger partial charge in [0.05, 0.1) is 11.6 Å². The van der Waals surface area contributed by atoms with Crippen LogP contribution in [0.4, 0.5) is 15.3 Å².